The monoisotopic (exact) mass is 241 g/mol. The van der Waals surface area contributed by atoms with E-state index < -0.39 is 0 Å². The van der Waals surface area contributed by atoms with E-state index in [1.165, 1.54) is 19.3 Å². The molecular weight excluding hydrogens is 214 g/mol. The Morgan fingerprint density at radius 1 is 1.29 bits per heavy atom. The number of hydrogen-bond acceptors (Lipinski definition) is 2. The lowest BCUT2D eigenvalue weighted by Crippen LogP contribution is -2.37. The van der Waals surface area contributed by atoms with Crippen LogP contribution in [0.15, 0.2) is 0 Å². The molecule has 0 aromatic heterocycles. The van der Waals surface area contributed by atoms with E-state index in [9.17, 15) is 4.79 Å². The molecule has 0 bridgehead atoms. The van der Waals surface area contributed by atoms with Gasteiger partial charge >= 0.3 is 6.09 Å². The average Bonchev–Trinajstić information content (AvgIpc) is 2.41. The predicted octanol–water partition coefficient (Wildman–Crippen LogP) is 3.82. The molecule has 0 aromatic rings. The summed E-state index contributed by atoms with van der Waals surface area (Å²) in [7, 11) is 0. The number of carbonyl (C=O) groups is 1. The first-order valence-electron chi connectivity index (χ1n) is 6.90. The van der Waals surface area contributed by atoms with Crippen LogP contribution in [-0.2, 0) is 4.74 Å². The van der Waals surface area contributed by atoms with Crippen LogP contribution in [0.2, 0.25) is 0 Å². The zero-order valence-electron chi connectivity index (χ0n) is 11.8. The molecule has 1 saturated heterocycles. The largest absolute Gasteiger partial charge is 0.444 e. The van der Waals surface area contributed by atoms with Gasteiger partial charge in [0.25, 0.3) is 0 Å². The highest BCUT2D eigenvalue weighted by Gasteiger charge is 2.24. The molecule has 1 atom stereocenters. The van der Waals surface area contributed by atoms with Gasteiger partial charge in [-0.05, 0) is 46.0 Å². The van der Waals surface area contributed by atoms with Crippen LogP contribution in [0.1, 0.15) is 59.8 Å². The normalized spacial score (nSPS) is 22.1. The molecule has 1 fully saturated rings. The van der Waals surface area contributed by atoms with Crippen LogP contribution in [0.4, 0.5) is 4.79 Å². The number of amides is 1. The van der Waals surface area contributed by atoms with Crippen molar-refractivity contribution < 1.29 is 9.53 Å². The summed E-state index contributed by atoms with van der Waals surface area (Å²) in [6.07, 6.45) is 5.90. The van der Waals surface area contributed by atoms with Crippen molar-refractivity contribution in [2.75, 3.05) is 13.1 Å². The standard InChI is InChI=1S/C14H27NO2/c1-5-7-12-8-6-10-15(11-9-12)13(16)17-14(2,3)4/h12H,5-11H2,1-4H3. The summed E-state index contributed by atoms with van der Waals surface area (Å²) in [5.74, 6) is 0.799. The maximum Gasteiger partial charge on any atom is 0.410 e. The Hall–Kier alpha value is -0.730. The third kappa shape index (κ3) is 5.42. The van der Waals surface area contributed by atoms with Crippen LogP contribution >= 0.6 is 0 Å². The number of ether oxygens (including phenoxy) is 1. The maximum absolute atomic E-state index is 11.9. The number of likely N-dealkylation sites (tertiary alicyclic amines) is 1. The number of hydrogen-bond donors (Lipinski definition) is 0. The van der Waals surface area contributed by atoms with E-state index in [2.05, 4.69) is 6.92 Å². The Labute approximate surface area is 106 Å². The molecule has 0 aromatic carbocycles. The fourth-order valence-electron chi connectivity index (χ4n) is 2.37. The van der Waals surface area contributed by atoms with Gasteiger partial charge in [-0.1, -0.05) is 19.8 Å². The van der Waals surface area contributed by atoms with Crippen LogP contribution in [0.25, 0.3) is 0 Å². The molecule has 1 unspecified atom stereocenters. The van der Waals surface area contributed by atoms with Crippen molar-refractivity contribution >= 4 is 6.09 Å². The molecule has 0 saturated carbocycles. The van der Waals surface area contributed by atoms with E-state index in [-0.39, 0.29) is 11.7 Å². The van der Waals surface area contributed by atoms with Gasteiger partial charge in [0, 0.05) is 13.1 Å². The van der Waals surface area contributed by atoms with Crippen molar-refractivity contribution in [3.8, 4) is 0 Å². The van der Waals surface area contributed by atoms with Gasteiger partial charge in [0.15, 0.2) is 0 Å². The summed E-state index contributed by atoms with van der Waals surface area (Å²) < 4.78 is 5.41. The van der Waals surface area contributed by atoms with E-state index >= 15 is 0 Å². The highest BCUT2D eigenvalue weighted by molar-refractivity contribution is 5.68. The molecule has 17 heavy (non-hydrogen) atoms. The summed E-state index contributed by atoms with van der Waals surface area (Å²) in [5.41, 5.74) is -0.383. The molecule has 0 spiro atoms. The minimum absolute atomic E-state index is 0.144. The average molecular weight is 241 g/mol. The fraction of sp³-hybridized carbons (Fsp3) is 0.929. The van der Waals surface area contributed by atoms with Gasteiger partial charge < -0.3 is 9.64 Å². The van der Waals surface area contributed by atoms with E-state index in [0.29, 0.717) is 0 Å². The summed E-state index contributed by atoms with van der Waals surface area (Å²) in [5, 5.41) is 0. The van der Waals surface area contributed by atoms with Gasteiger partial charge in [0.05, 0.1) is 0 Å². The van der Waals surface area contributed by atoms with Crippen molar-refractivity contribution in [3.05, 3.63) is 0 Å². The first-order chi connectivity index (χ1) is 7.92. The Morgan fingerprint density at radius 2 is 2.00 bits per heavy atom. The lowest BCUT2D eigenvalue weighted by Gasteiger charge is -2.26. The van der Waals surface area contributed by atoms with Crippen molar-refractivity contribution in [1.82, 2.24) is 4.90 Å². The number of carbonyl (C=O) groups excluding carboxylic acids is 1. The third-order valence-electron chi connectivity index (χ3n) is 3.20. The van der Waals surface area contributed by atoms with Gasteiger partial charge in [-0.3, -0.25) is 0 Å². The molecular formula is C14H27NO2. The van der Waals surface area contributed by atoms with Gasteiger partial charge in [0.2, 0.25) is 0 Å². The number of rotatable bonds is 2. The molecule has 1 heterocycles. The second-order valence-corrected chi connectivity index (χ2v) is 6.05. The second kappa shape index (κ2) is 6.27. The Kier molecular flexibility index (Phi) is 5.29. The Balaban J connectivity index is 2.43. The lowest BCUT2D eigenvalue weighted by molar-refractivity contribution is 0.0255. The van der Waals surface area contributed by atoms with E-state index in [1.807, 2.05) is 25.7 Å². The molecule has 0 aliphatic carbocycles. The molecule has 3 heteroatoms. The van der Waals surface area contributed by atoms with Crippen LogP contribution in [-0.4, -0.2) is 29.7 Å². The molecule has 1 amide bonds. The van der Waals surface area contributed by atoms with E-state index in [0.717, 1.165) is 31.8 Å². The Bertz CT molecular complexity index is 245. The fourth-order valence-corrected chi connectivity index (χ4v) is 2.37. The quantitative estimate of drug-likeness (QED) is 0.735. The van der Waals surface area contributed by atoms with Gasteiger partial charge in [-0.25, -0.2) is 4.79 Å². The minimum atomic E-state index is -0.383. The van der Waals surface area contributed by atoms with E-state index in [1.54, 1.807) is 0 Å². The second-order valence-electron chi connectivity index (χ2n) is 6.05. The predicted molar refractivity (Wildman–Crippen MR) is 70.1 cm³/mol. The van der Waals surface area contributed by atoms with Crippen molar-refractivity contribution in [2.45, 2.75) is 65.4 Å². The van der Waals surface area contributed by atoms with Crippen LogP contribution < -0.4 is 0 Å². The lowest BCUT2D eigenvalue weighted by atomic mass is 9.96. The number of nitrogens with zero attached hydrogens (tertiary/aromatic N) is 1. The molecule has 0 radical (unpaired) electrons. The molecule has 3 nitrogen and oxygen atoms in total. The highest BCUT2D eigenvalue weighted by Crippen LogP contribution is 2.22. The van der Waals surface area contributed by atoms with Crippen molar-refractivity contribution in [1.29, 1.82) is 0 Å². The van der Waals surface area contributed by atoms with Crippen LogP contribution in [0, 0.1) is 5.92 Å². The summed E-state index contributed by atoms with van der Waals surface area (Å²) in [4.78, 5) is 13.8. The van der Waals surface area contributed by atoms with E-state index in [4.69, 9.17) is 4.74 Å². The zero-order valence-corrected chi connectivity index (χ0v) is 11.8. The third-order valence-corrected chi connectivity index (χ3v) is 3.20. The summed E-state index contributed by atoms with van der Waals surface area (Å²) in [6.45, 7) is 9.71. The van der Waals surface area contributed by atoms with Gasteiger partial charge in [-0.2, -0.15) is 0 Å². The topological polar surface area (TPSA) is 29.5 Å². The Morgan fingerprint density at radius 3 is 2.59 bits per heavy atom. The zero-order chi connectivity index (χ0) is 12.9. The van der Waals surface area contributed by atoms with Crippen LogP contribution in [0.5, 0.6) is 0 Å². The van der Waals surface area contributed by atoms with Gasteiger partial charge in [0.1, 0.15) is 5.60 Å². The first-order valence-corrected chi connectivity index (χ1v) is 6.90. The minimum Gasteiger partial charge on any atom is -0.444 e. The first kappa shape index (κ1) is 14.3. The van der Waals surface area contributed by atoms with Crippen molar-refractivity contribution in [2.24, 2.45) is 5.92 Å². The maximum atomic E-state index is 11.9. The summed E-state index contributed by atoms with van der Waals surface area (Å²) >= 11 is 0. The molecule has 1 aliphatic rings. The van der Waals surface area contributed by atoms with Gasteiger partial charge in [-0.15, -0.1) is 0 Å². The molecule has 0 N–H and O–H groups in total. The van der Waals surface area contributed by atoms with Crippen molar-refractivity contribution in [3.63, 3.8) is 0 Å². The highest BCUT2D eigenvalue weighted by atomic mass is 16.6. The SMILES string of the molecule is CCCC1CCCN(C(=O)OC(C)(C)C)CC1. The van der Waals surface area contributed by atoms with Crippen LogP contribution in [0.3, 0.4) is 0 Å². The molecule has 100 valence electrons. The smallest absolute Gasteiger partial charge is 0.410 e. The summed E-state index contributed by atoms with van der Waals surface area (Å²) in [6, 6.07) is 0. The molecule has 1 rings (SSSR count). The molecule has 1 aliphatic heterocycles.